The van der Waals surface area contributed by atoms with Gasteiger partial charge in [-0.15, -0.1) is 0 Å². The van der Waals surface area contributed by atoms with Crippen molar-refractivity contribution in [3.8, 4) is 17.1 Å². The fourth-order valence-electron chi connectivity index (χ4n) is 3.90. The van der Waals surface area contributed by atoms with Crippen LogP contribution in [0.15, 0.2) is 30.7 Å². The van der Waals surface area contributed by atoms with Gasteiger partial charge in [-0.1, -0.05) is 23.2 Å². The van der Waals surface area contributed by atoms with Crippen molar-refractivity contribution >= 4 is 34.9 Å². The number of nitrogens with zero attached hydrogens (tertiary/aromatic N) is 5. The number of benzene rings is 1. The molecule has 0 radical (unpaired) electrons. The first-order valence-corrected chi connectivity index (χ1v) is 11.4. The fraction of sp³-hybridized carbons (Fsp3) is 0.364. The summed E-state index contributed by atoms with van der Waals surface area (Å²) in [5, 5.41) is 13.6. The van der Waals surface area contributed by atoms with Gasteiger partial charge in [-0.05, 0) is 31.9 Å². The lowest BCUT2D eigenvalue weighted by Gasteiger charge is -2.31. The summed E-state index contributed by atoms with van der Waals surface area (Å²) in [5.74, 6) is -0.750. The first-order valence-electron chi connectivity index (χ1n) is 10.6. The van der Waals surface area contributed by atoms with Crippen molar-refractivity contribution in [2.24, 2.45) is 0 Å². The number of nitrogen functional groups attached to an aromatic ring is 1. The molecule has 0 saturated carbocycles. The quantitative estimate of drug-likeness (QED) is 0.487. The van der Waals surface area contributed by atoms with Gasteiger partial charge in [-0.2, -0.15) is 5.10 Å². The van der Waals surface area contributed by atoms with E-state index in [1.807, 2.05) is 10.9 Å². The number of ether oxygens (including phenoxy) is 1. The zero-order chi connectivity index (χ0) is 24.4. The molecular weight excluding hydrogens is 486 g/mol. The Morgan fingerprint density at radius 2 is 2.06 bits per heavy atom. The standard InChI is InChI=1S/C22H23Cl2FN6O3/c1-12(19-15(23)2-3-16(25)20(19)24)34-22-21(26)27-9-17(29-22)13-8-28-31(10-13)14-4-6-30(7-5-14)18(33)11-32/h2-3,8-10,12,14,32H,4-7,11H2,1H3,(H2,26,27)/t12-/m1/s1. The number of amides is 1. The van der Waals surface area contributed by atoms with Gasteiger partial charge in [0.25, 0.3) is 5.88 Å². The van der Waals surface area contributed by atoms with Crippen molar-refractivity contribution in [2.75, 3.05) is 25.4 Å². The molecule has 1 aromatic carbocycles. The molecule has 3 N–H and O–H groups in total. The summed E-state index contributed by atoms with van der Waals surface area (Å²) >= 11 is 12.3. The summed E-state index contributed by atoms with van der Waals surface area (Å²) in [6, 6.07) is 2.70. The number of aliphatic hydroxyl groups is 1. The second kappa shape index (κ2) is 10.1. The van der Waals surface area contributed by atoms with Crippen LogP contribution in [-0.4, -0.2) is 55.4 Å². The van der Waals surface area contributed by atoms with Gasteiger partial charge in [0.1, 0.15) is 18.5 Å². The Morgan fingerprint density at radius 1 is 1.32 bits per heavy atom. The third kappa shape index (κ3) is 4.94. The highest BCUT2D eigenvalue weighted by atomic mass is 35.5. The van der Waals surface area contributed by atoms with E-state index < -0.39 is 18.5 Å². The summed E-state index contributed by atoms with van der Waals surface area (Å²) in [7, 11) is 0. The number of hydrogen-bond acceptors (Lipinski definition) is 7. The average molecular weight is 509 g/mol. The summed E-state index contributed by atoms with van der Waals surface area (Å²) in [5.41, 5.74) is 7.45. The SMILES string of the molecule is C[C@@H](Oc1nc(-c2cnn(C3CCN(C(=O)CO)CC3)c2)cnc1N)c1c(Cl)ccc(F)c1Cl. The predicted molar refractivity (Wildman–Crippen MR) is 125 cm³/mol. The normalized spacial score (nSPS) is 15.4. The van der Waals surface area contributed by atoms with Crippen LogP contribution in [0.25, 0.3) is 11.3 Å². The highest BCUT2D eigenvalue weighted by Crippen LogP contribution is 2.36. The first kappa shape index (κ1) is 24.2. The Morgan fingerprint density at radius 3 is 2.76 bits per heavy atom. The molecule has 12 heteroatoms. The van der Waals surface area contributed by atoms with Gasteiger partial charge >= 0.3 is 0 Å². The monoisotopic (exact) mass is 508 g/mol. The number of piperidine rings is 1. The number of carbonyl (C=O) groups is 1. The topological polar surface area (TPSA) is 119 Å². The zero-order valence-electron chi connectivity index (χ0n) is 18.3. The molecule has 1 amide bonds. The van der Waals surface area contributed by atoms with Crippen molar-refractivity contribution in [1.82, 2.24) is 24.6 Å². The van der Waals surface area contributed by atoms with E-state index in [-0.39, 0.29) is 39.3 Å². The van der Waals surface area contributed by atoms with E-state index in [9.17, 15) is 9.18 Å². The molecule has 34 heavy (non-hydrogen) atoms. The molecule has 1 fully saturated rings. The van der Waals surface area contributed by atoms with Crippen LogP contribution in [0.2, 0.25) is 10.0 Å². The number of hydrogen-bond donors (Lipinski definition) is 2. The molecule has 1 aliphatic rings. The van der Waals surface area contributed by atoms with E-state index in [0.717, 1.165) is 12.8 Å². The van der Waals surface area contributed by atoms with Gasteiger partial charge < -0.3 is 20.5 Å². The minimum atomic E-state index is -0.739. The number of likely N-dealkylation sites (tertiary alicyclic amines) is 1. The van der Waals surface area contributed by atoms with E-state index >= 15 is 0 Å². The number of rotatable bonds is 6. The molecule has 0 unspecified atom stereocenters. The summed E-state index contributed by atoms with van der Waals surface area (Å²) in [6.45, 7) is 2.29. The lowest BCUT2D eigenvalue weighted by molar-refractivity contribution is -0.135. The van der Waals surface area contributed by atoms with Crippen LogP contribution in [0.5, 0.6) is 5.88 Å². The highest BCUT2D eigenvalue weighted by Gasteiger charge is 2.25. The van der Waals surface area contributed by atoms with Crippen LogP contribution < -0.4 is 10.5 Å². The molecule has 1 saturated heterocycles. The maximum absolute atomic E-state index is 13.9. The van der Waals surface area contributed by atoms with E-state index in [4.69, 9.17) is 38.8 Å². The summed E-state index contributed by atoms with van der Waals surface area (Å²) in [6.07, 6.45) is 5.74. The Kier molecular flexibility index (Phi) is 7.20. The summed E-state index contributed by atoms with van der Waals surface area (Å²) < 4.78 is 21.6. The number of aromatic nitrogens is 4. The minimum Gasteiger partial charge on any atom is -0.467 e. The third-order valence-corrected chi connectivity index (χ3v) is 6.48. The molecule has 2 aromatic heterocycles. The highest BCUT2D eigenvalue weighted by molar-refractivity contribution is 6.36. The van der Waals surface area contributed by atoms with Crippen LogP contribution in [-0.2, 0) is 4.79 Å². The van der Waals surface area contributed by atoms with Crippen molar-refractivity contribution in [1.29, 1.82) is 0 Å². The lowest BCUT2D eigenvalue weighted by atomic mass is 10.1. The number of anilines is 1. The Labute approximate surface area is 205 Å². The predicted octanol–water partition coefficient (Wildman–Crippen LogP) is 3.66. The van der Waals surface area contributed by atoms with Crippen molar-refractivity contribution < 1.29 is 19.0 Å². The average Bonchev–Trinajstić information content (AvgIpc) is 3.33. The van der Waals surface area contributed by atoms with Crippen LogP contribution >= 0.6 is 23.2 Å². The second-order valence-corrected chi connectivity index (χ2v) is 8.73. The van der Waals surface area contributed by atoms with Crippen molar-refractivity contribution in [3.63, 3.8) is 0 Å². The molecular formula is C22H23Cl2FN6O3. The number of carbonyl (C=O) groups excluding carboxylic acids is 1. The Hall–Kier alpha value is -2.95. The van der Waals surface area contributed by atoms with Crippen molar-refractivity contribution in [2.45, 2.75) is 31.9 Å². The van der Waals surface area contributed by atoms with Gasteiger partial charge in [0.2, 0.25) is 5.91 Å². The van der Waals surface area contributed by atoms with Crippen LogP contribution in [0.4, 0.5) is 10.2 Å². The number of halogens is 3. The molecule has 3 aromatic rings. The van der Waals surface area contributed by atoms with E-state index in [0.29, 0.717) is 24.3 Å². The molecule has 180 valence electrons. The van der Waals surface area contributed by atoms with Gasteiger partial charge in [0.05, 0.1) is 29.2 Å². The minimum absolute atomic E-state index is 0.0602. The maximum Gasteiger partial charge on any atom is 0.258 e. The maximum atomic E-state index is 13.9. The van der Waals surface area contributed by atoms with Gasteiger partial charge in [-0.3, -0.25) is 9.48 Å². The van der Waals surface area contributed by atoms with E-state index in [1.165, 1.54) is 18.3 Å². The third-order valence-electron chi connectivity index (χ3n) is 5.77. The van der Waals surface area contributed by atoms with E-state index in [1.54, 1.807) is 18.0 Å². The Balaban J connectivity index is 1.51. The van der Waals surface area contributed by atoms with E-state index in [2.05, 4.69) is 15.1 Å². The number of nitrogens with two attached hydrogens (primary N) is 1. The van der Waals surface area contributed by atoms with Gasteiger partial charge in [0, 0.05) is 35.4 Å². The molecule has 1 aliphatic heterocycles. The van der Waals surface area contributed by atoms with Gasteiger partial charge in [-0.25, -0.2) is 14.4 Å². The largest absolute Gasteiger partial charge is 0.467 e. The molecule has 0 bridgehead atoms. The van der Waals surface area contributed by atoms with Crippen LogP contribution in [0.3, 0.4) is 0 Å². The number of aliphatic hydroxyl groups excluding tert-OH is 1. The lowest BCUT2D eigenvalue weighted by Crippen LogP contribution is -2.40. The first-order chi connectivity index (χ1) is 16.3. The smallest absolute Gasteiger partial charge is 0.258 e. The molecule has 3 heterocycles. The zero-order valence-corrected chi connectivity index (χ0v) is 19.8. The van der Waals surface area contributed by atoms with Crippen molar-refractivity contribution in [3.05, 3.63) is 52.1 Å². The molecule has 0 aliphatic carbocycles. The molecule has 1 atom stereocenters. The summed E-state index contributed by atoms with van der Waals surface area (Å²) in [4.78, 5) is 22.0. The molecule has 9 nitrogen and oxygen atoms in total. The Bertz CT molecular complexity index is 1200. The molecule has 0 spiro atoms. The van der Waals surface area contributed by atoms with Crippen LogP contribution in [0, 0.1) is 5.82 Å². The fourth-order valence-corrected chi connectivity index (χ4v) is 4.58. The second-order valence-electron chi connectivity index (χ2n) is 7.94. The van der Waals surface area contributed by atoms with Gasteiger partial charge in [0.15, 0.2) is 5.82 Å². The molecule has 4 rings (SSSR count). The van der Waals surface area contributed by atoms with Crippen LogP contribution in [0.1, 0.15) is 37.5 Å².